The highest BCUT2D eigenvalue weighted by Gasteiger charge is 2.15. The van der Waals surface area contributed by atoms with Crippen molar-refractivity contribution in [3.05, 3.63) is 64.7 Å². The third kappa shape index (κ3) is 2.99. The molecule has 0 aliphatic rings. The van der Waals surface area contributed by atoms with Crippen LogP contribution < -0.4 is 5.73 Å². The molecule has 2 N–H and O–H groups in total. The zero-order chi connectivity index (χ0) is 14.7. The fourth-order valence-corrected chi connectivity index (χ4v) is 2.18. The Morgan fingerprint density at radius 1 is 1.15 bits per heavy atom. The van der Waals surface area contributed by atoms with Gasteiger partial charge in [0.05, 0.1) is 5.56 Å². The summed E-state index contributed by atoms with van der Waals surface area (Å²) in [5.74, 6) is -0.0468. The molecule has 2 rings (SSSR count). The summed E-state index contributed by atoms with van der Waals surface area (Å²) in [7, 11) is 1.80. The van der Waals surface area contributed by atoms with Crippen LogP contribution >= 0.6 is 0 Å². The number of nitrogen functional groups attached to an aromatic ring is 1. The molecule has 20 heavy (non-hydrogen) atoms. The van der Waals surface area contributed by atoms with Gasteiger partial charge in [0, 0.05) is 19.3 Å². The average molecular weight is 268 g/mol. The lowest BCUT2D eigenvalue weighted by molar-refractivity contribution is 0.0786. The van der Waals surface area contributed by atoms with Crippen molar-refractivity contribution in [3.8, 4) is 0 Å². The highest BCUT2D eigenvalue weighted by Crippen LogP contribution is 2.17. The second kappa shape index (κ2) is 5.78. The number of carbonyl (C=O) groups is 1. The number of amides is 1. The first-order valence-corrected chi connectivity index (χ1v) is 6.65. The van der Waals surface area contributed by atoms with Gasteiger partial charge in [0.1, 0.15) is 0 Å². The molecule has 0 saturated heterocycles. The standard InChI is InChI=1S/C17H20N2O/c1-12-8-9-16(18)15(10-12)17(20)19(3)11-14-7-5-4-6-13(14)2/h4-10H,11,18H2,1-3H3. The Hall–Kier alpha value is -2.29. The van der Waals surface area contributed by atoms with E-state index in [4.69, 9.17) is 5.73 Å². The van der Waals surface area contributed by atoms with Crippen LogP contribution in [0.15, 0.2) is 42.5 Å². The minimum atomic E-state index is -0.0468. The molecular weight excluding hydrogens is 248 g/mol. The molecule has 0 saturated carbocycles. The second-order valence-electron chi connectivity index (χ2n) is 5.18. The quantitative estimate of drug-likeness (QED) is 0.869. The van der Waals surface area contributed by atoms with Gasteiger partial charge in [0.25, 0.3) is 5.91 Å². The number of hydrogen-bond donors (Lipinski definition) is 1. The number of carbonyl (C=O) groups excluding carboxylic acids is 1. The fraction of sp³-hybridized carbons (Fsp3) is 0.235. The topological polar surface area (TPSA) is 46.3 Å². The number of rotatable bonds is 3. The van der Waals surface area contributed by atoms with Crippen LogP contribution in [0.3, 0.4) is 0 Å². The second-order valence-corrected chi connectivity index (χ2v) is 5.18. The van der Waals surface area contributed by atoms with E-state index in [9.17, 15) is 4.79 Å². The molecule has 2 aromatic carbocycles. The lowest BCUT2D eigenvalue weighted by atomic mass is 10.1. The van der Waals surface area contributed by atoms with Crippen LogP contribution in [0, 0.1) is 13.8 Å². The van der Waals surface area contributed by atoms with Crippen molar-refractivity contribution in [2.45, 2.75) is 20.4 Å². The smallest absolute Gasteiger partial charge is 0.255 e. The molecule has 3 heteroatoms. The summed E-state index contributed by atoms with van der Waals surface area (Å²) in [5.41, 5.74) is 10.4. The van der Waals surface area contributed by atoms with Gasteiger partial charge < -0.3 is 10.6 Å². The maximum atomic E-state index is 12.5. The average Bonchev–Trinajstić information content (AvgIpc) is 2.43. The van der Waals surface area contributed by atoms with E-state index in [1.165, 1.54) is 5.56 Å². The number of anilines is 1. The Bertz CT molecular complexity index is 635. The molecule has 1 amide bonds. The van der Waals surface area contributed by atoms with Gasteiger partial charge in [0.15, 0.2) is 0 Å². The van der Waals surface area contributed by atoms with E-state index in [-0.39, 0.29) is 5.91 Å². The lowest BCUT2D eigenvalue weighted by Gasteiger charge is -2.19. The summed E-state index contributed by atoms with van der Waals surface area (Å²) in [4.78, 5) is 14.2. The van der Waals surface area contributed by atoms with Crippen molar-refractivity contribution >= 4 is 11.6 Å². The first-order chi connectivity index (χ1) is 9.49. The Balaban J connectivity index is 2.21. The summed E-state index contributed by atoms with van der Waals surface area (Å²) in [6, 6.07) is 13.6. The van der Waals surface area contributed by atoms with Crippen molar-refractivity contribution in [1.29, 1.82) is 0 Å². The zero-order valence-corrected chi connectivity index (χ0v) is 12.2. The Kier molecular flexibility index (Phi) is 4.08. The van der Waals surface area contributed by atoms with Crippen LogP contribution in [0.2, 0.25) is 0 Å². The molecule has 0 aliphatic heterocycles. The normalized spacial score (nSPS) is 10.3. The zero-order valence-electron chi connectivity index (χ0n) is 12.2. The Labute approximate surface area is 120 Å². The summed E-state index contributed by atoms with van der Waals surface area (Å²) in [6.45, 7) is 4.59. The maximum Gasteiger partial charge on any atom is 0.255 e. The van der Waals surface area contributed by atoms with Crippen LogP contribution in [0.25, 0.3) is 0 Å². The van der Waals surface area contributed by atoms with E-state index in [0.29, 0.717) is 17.8 Å². The van der Waals surface area contributed by atoms with Gasteiger partial charge in [-0.15, -0.1) is 0 Å². The van der Waals surface area contributed by atoms with Crippen LogP contribution in [-0.4, -0.2) is 17.9 Å². The van der Waals surface area contributed by atoms with Crippen molar-refractivity contribution in [2.24, 2.45) is 0 Å². The van der Waals surface area contributed by atoms with E-state index < -0.39 is 0 Å². The predicted octanol–water partition coefficient (Wildman–Crippen LogP) is 3.16. The Morgan fingerprint density at radius 3 is 2.55 bits per heavy atom. The van der Waals surface area contributed by atoms with Crippen LogP contribution in [0.5, 0.6) is 0 Å². The largest absolute Gasteiger partial charge is 0.398 e. The molecule has 0 aliphatic carbocycles. The van der Waals surface area contributed by atoms with E-state index in [1.807, 2.05) is 37.3 Å². The van der Waals surface area contributed by atoms with Gasteiger partial charge in [-0.2, -0.15) is 0 Å². The van der Waals surface area contributed by atoms with E-state index in [2.05, 4.69) is 13.0 Å². The third-order valence-electron chi connectivity index (χ3n) is 3.45. The van der Waals surface area contributed by atoms with E-state index >= 15 is 0 Å². The molecule has 0 unspecified atom stereocenters. The third-order valence-corrected chi connectivity index (χ3v) is 3.45. The summed E-state index contributed by atoms with van der Waals surface area (Å²) in [6.07, 6.45) is 0. The molecular formula is C17H20N2O. The summed E-state index contributed by atoms with van der Waals surface area (Å²) < 4.78 is 0. The van der Waals surface area contributed by atoms with Crippen molar-refractivity contribution in [2.75, 3.05) is 12.8 Å². The highest BCUT2D eigenvalue weighted by atomic mass is 16.2. The molecule has 3 nitrogen and oxygen atoms in total. The van der Waals surface area contributed by atoms with Gasteiger partial charge in [-0.1, -0.05) is 35.9 Å². The Morgan fingerprint density at radius 2 is 1.85 bits per heavy atom. The van der Waals surface area contributed by atoms with Gasteiger partial charge in [-0.3, -0.25) is 4.79 Å². The number of aryl methyl sites for hydroxylation is 2. The maximum absolute atomic E-state index is 12.5. The van der Waals surface area contributed by atoms with E-state index in [0.717, 1.165) is 11.1 Å². The first-order valence-electron chi connectivity index (χ1n) is 6.65. The summed E-state index contributed by atoms with van der Waals surface area (Å²) in [5, 5.41) is 0. The lowest BCUT2D eigenvalue weighted by Crippen LogP contribution is -2.27. The van der Waals surface area contributed by atoms with Crippen molar-refractivity contribution < 1.29 is 4.79 Å². The molecule has 0 fully saturated rings. The molecule has 0 bridgehead atoms. The molecule has 0 spiro atoms. The number of benzene rings is 2. The van der Waals surface area contributed by atoms with Crippen LogP contribution in [-0.2, 0) is 6.54 Å². The van der Waals surface area contributed by atoms with Gasteiger partial charge in [-0.25, -0.2) is 0 Å². The van der Waals surface area contributed by atoms with Gasteiger partial charge in [-0.05, 0) is 37.1 Å². The predicted molar refractivity (Wildman–Crippen MR) is 82.6 cm³/mol. The number of nitrogens with two attached hydrogens (primary N) is 1. The van der Waals surface area contributed by atoms with Gasteiger partial charge >= 0.3 is 0 Å². The van der Waals surface area contributed by atoms with Gasteiger partial charge in [0.2, 0.25) is 0 Å². The number of hydrogen-bond acceptors (Lipinski definition) is 2. The first kappa shape index (κ1) is 14.1. The fourth-order valence-electron chi connectivity index (χ4n) is 2.18. The molecule has 0 aromatic heterocycles. The van der Waals surface area contributed by atoms with Crippen molar-refractivity contribution in [1.82, 2.24) is 4.90 Å². The van der Waals surface area contributed by atoms with E-state index in [1.54, 1.807) is 18.0 Å². The molecule has 0 atom stereocenters. The molecule has 2 aromatic rings. The minimum Gasteiger partial charge on any atom is -0.398 e. The highest BCUT2D eigenvalue weighted by molar-refractivity contribution is 5.99. The SMILES string of the molecule is Cc1ccc(N)c(C(=O)N(C)Cc2ccccc2C)c1. The van der Waals surface area contributed by atoms with Crippen LogP contribution in [0.1, 0.15) is 27.0 Å². The van der Waals surface area contributed by atoms with Crippen LogP contribution in [0.4, 0.5) is 5.69 Å². The monoisotopic (exact) mass is 268 g/mol. The minimum absolute atomic E-state index is 0.0468. The van der Waals surface area contributed by atoms with Crippen molar-refractivity contribution in [3.63, 3.8) is 0 Å². The molecule has 0 radical (unpaired) electrons. The number of nitrogens with zero attached hydrogens (tertiary/aromatic N) is 1. The molecule has 0 heterocycles. The molecule has 104 valence electrons. The summed E-state index contributed by atoms with van der Waals surface area (Å²) >= 11 is 0.